The number of rotatable bonds is 5. The lowest BCUT2D eigenvalue weighted by atomic mass is 9.83. The Morgan fingerprint density at radius 2 is 1.77 bits per heavy atom. The van der Waals surface area contributed by atoms with E-state index in [-0.39, 0.29) is 5.92 Å². The molecule has 6 heteroatoms. The number of nitrogens with zero attached hydrogens (tertiary/aromatic N) is 1. The largest absolute Gasteiger partial charge is 0.361 e. The first kappa shape index (κ1) is 19.3. The van der Waals surface area contributed by atoms with Crippen LogP contribution in [0.25, 0.3) is 10.2 Å². The van der Waals surface area contributed by atoms with E-state index in [1.54, 1.807) is 41.7 Å². The van der Waals surface area contributed by atoms with Gasteiger partial charge in [-0.15, -0.1) is 0 Å². The first-order valence-corrected chi connectivity index (χ1v) is 12.4. The van der Waals surface area contributed by atoms with Crippen molar-refractivity contribution in [1.82, 2.24) is 4.98 Å². The van der Waals surface area contributed by atoms with Gasteiger partial charge >= 0.3 is 0 Å². The third-order valence-corrected chi connectivity index (χ3v) is 8.47. The van der Waals surface area contributed by atoms with Crippen molar-refractivity contribution in [3.05, 3.63) is 83.9 Å². The Morgan fingerprint density at radius 3 is 2.60 bits per heavy atom. The van der Waals surface area contributed by atoms with Crippen LogP contribution in [-0.4, -0.2) is 19.9 Å². The van der Waals surface area contributed by atoms with E-state index in [9.17, 15) is 8.42 Å². The number of para-hydroxylation sites is 1. The lowest BCUT2D eigenvalue weighted by Gasteiger charge is -2.26. The normalized spacial score (nSPS) is 16.3. The van der Waals surface area contributed by atoms with Gasteiger partial charge in [-0.1, -0.05) is 47.7 Å². The third kappa shape index (κ3) is 3.61. The van der Waals surface area contributed by atoms with Crippen LogP contribution in [0.5, 0.6) is 0 Å². The first-order chi connectivity index (χ1) is 14.6. The summed E-state index contributed by atoms with van der Waals surface area (Å²) in [4.78, 5) is 5.37. The molecule has 1 aliphatic carbocycles. The van der Waals surface area contributed by atoms with E-state index in [0.717, 1.165) is 42.0 Å². The number of aryl methyl sites for hydroxylation is 1. The number of hydrogen-bond donors (Lipinski definition) is 1. The highest BCUT2D eigenvalue weighted by atomic mass is 32.2. The van der Waals surface area contributed by atoms with E-state index in [1.165, 1.54) is 10.3 Å². The number of thiazole rings is 1. The summed E-state index contributed by atoms with van der Waals surface area (Å²) in [5.41, 5.74) is 3.40. The van der Waals surface area contributed by atoms with Gasteiger partial charge in [-0.2, -0.15) is 0 Å². The molecule has 4 nitrogen and oxygen atoms in total. The zero-order valence-corrected chi connectivity index (χ0v) is 18.0. The van der Waals surface area contributed by atoms with E-state index in [4.69, 9.17) is 0 Å². The van der Waals surface area contributed by atoms with Gasteiger partial charge in [0, 0.05) is 12.5 Å². The maximum Gasteiger partial charge on any atom is 0.206 e. The quantitative estimate of drug-likeness (QED) is 0.440. The van der Waals surface area contributed by atoms with Crippen molar-refractivity contribution < 1.29 is 8.42 Å². The number of nitrogens with one attached hydrogen (secondary N) is 1. The molecule has 152 valence electrons. The summed E-state index contributed by atoms with van der Waals surface area (Å²) in [5, 5.41) is 4.41. The number of benzene rings is 3. The Balaban J connectivity index is 1.42. The second-order valence-electron chi connectivity index (χ2n) is 7.63. The molecule has 0 amide bonds. The van der Waals surface area contributed by atoms with Crippen LogP contribution in [0.1, 0.15) is 29.9 Å². The van der Waals surface area contributed by atoms with Gasteiger partial charge in [0.2, 0.25) is 9.84 Å². The van der Waals surface area contributed by atoms with Crippen LogP contribution < -0.4 is 5.32 Å². The summed E-state index contributed by atoms with van der Waals surface area (Å²) in [6.45, 7) is 0.752. The van der Waals surface area contributed by atoms with Crippen molar-refractivity contribution in [2.24, 2.45) is 0 Å². The fourth-order valence-electron chi connectivity index (χ4n) is 4.15. The maximum absolute atomic E-state index is 13.1. The zero-order valence-electron chi connectivity index (χ0n) is 16.4. The van der Waals surface area contributed by atoms with E-state index < -0.39 is 9.84 Å². The van der Waals surface area contributed by atoms with Gasteiger partial charge in [0.05, 0.1) is 20.0 Å². The molecule has 1 unspecified atom stereocenters. The predicted octanol–water partition coefficient (Wildman–Crippen LogP) is 5.66. The number of aromatic nitrogens is 1. The van der Waals surface area contributed by atoms with Gasteiger partial charge < -0.3 is 5.32 Å². The molecule has 1 aliphatic rings. The van der Waals surface area contributed by atoms with Crippen LogP contribution in [0.15, 0.2) is 82.6 Å². The van der Waals surface area contributed by atoms with Crippen molar-refractivity contribution >= 4 is 36.5 Å². The van der Waals surface area contributed by atoms with Crippen LogP contribution in [-0.2, 0) is 16.3 Å². The van der Waals surface area contributed by atoms with E-state index >= 15 is 0 Å². The SMILES string of the molecule is O=S(=O)(c1ccccc1)c1ccc2c(c1)C(CNc1nc3ccccc3s1)CCC2. The lowest BCUT2D eigenvalue weighted by Crippen LogP contribution is -2.19. The molecule has 0 saturated heterocycles. The number of anilines is 1. The fourth-order valence-corrected chi connectivity index (χ4v) is 6.34. The minimum absolute atomic E-state index is 0.270. The van der Waals surface area contributed by atoms with Crippen molar-refractivity contribution in [1.29, 1.82) is 0 Å². The molecule has 1 heterocycles. The smallest absolute Gasteiger partial charge is 0.206 e. The highest BCUT2D eigenvalue weighted by Gasteiger charge is 2.24. The zero-order chi connectivity index (χ0) is 20.6. The molecule has 0 bridgehead atoms. The Labute approximate surface area is 180 Å². The third-order valence-electron chi connectivity index (χ3n) is 5.71. The summed E-state index contributed by atoms with van der Waals surface area (Å²) in [6.07, 6.45) is 3.16. The topological polar surface area (TPSA) is 59.1 Å². The second-order valence-corrected chi connectivity index (χ2v) is 10.6. The highest BCUT2D eigenvalue weighted by Crippen LogP contribution is 2.35. The number of hydrogen-bond acceptors (Lipinski definition) is 5. The average Bonchev–Trinajstić information content (AvgIpc) is 3.21. The molecule has 0 aliphatic heterocycles. The Kier molecular flexibility index (Phi) is 5.05. The molecule has 5 rings (SSSR count). The van der Waals surface area contributed by atoms with Gasteiger partial charge in [-0.05, 0) is 66.8 Å². The van der Waals surface area contributed by atoms with E-state index in [1.807, 2.05) is 36.4 Å². The Bertz CT molecular complexity index is 1260. The number of fused-ring (bicyclic) bond motifs is 2. The highest BCUT2D eigenvalue weighted by molar-refractivity contribution is 7.91. The minimum atomic E-state index is -3.51. The van der Waals surface area contributed by atoms with Gasteiger partial charge in [0.15, 0.2) is 5.13 Å². The molecule has 1 N–H and O–H groups in total. The van der Waals surface area contributed by atoms with Gasteiger partial charge in [-0.3, -0.25) is 0 Å². The molecule has 3 aromatic carbocycles. The van der Waals surface area contributed by atoms with Gasteiger partial charge in [0.1, 0.15) is 0 Å². The van der Waals surface area contributed by atoms with Crippen molar-refractivity contribution in [2.75, 3.05) is 11.9 Å². The lowest BCUT2D eigenvalue weighted by molar-refractivity contribution is 0.568. The molecule has 30 heavy (non-hydrogen) atoms. The van der Waals surface area contributed by atoms with Crippen LogP contribution >= 0.6 is 11.3 Å². The fraction of sp³-hybridized carbons (Fsp3) is 0.208. The standard InChI is InChI=1S/C24H22N2O2S2/c27-30(28,19-9-2-1-3-10-19)20-14-13-17-7-6-8-18(21(17)15-20)16-25-24-26-22-11-4-5-12-23(22)29-24/h1-5,9-15,18H,6-8,16H2,(H,25,26). The molecule has 0 spiro atoms. The molecule has 1 aromatic heterocycles. The van der Waals surface area contributed by atoms with Crippen LogP contribution in [0.2, 0.25) is 0 Å². The van der Waals surface area contributed by atoms with Crippen molar-refractivity contribution in [3.8, 4) is 0 Å². The summed E-state index contributed by atoms with van der Waals surface area (Å²) < 4.78 is 27.3. The number of sulfone groups is 1. The summed E-state index contributed by atoms with van der Waals surface area (Å²) in [6, 6.07) is 22.4. The van der Waals surface area contributed by atoms with Gasteiger partial charge in [0.25, 0.3) is 0 Å². The minimum Gasteiger partial charge on any atom is -0.361 e. The molecule has 0 fully saturated rings. The summed E-state index contributed by atoms with van der Waals surface area (Å²) >= 11 is 1.65. The maximum atomic E-state index is 13.1. The van der Waals surface area contributed by atoms with E-state index in [0.29, 0.717) is 9.79 Å². The van der Waals surface area contributed by atoms with Crippen molar-refractivity contribution in [3.63, 3.8) is 0 Å². The monoisotopic (exact) mass is 434 g/mol. The van der Waals surface area contributed by atoms with Gasteiger partial charge in [-0.25, -0.2) is 13.4 Å². The van der Waals surface area contributed by atoms with Crippen molar-refractivity contribution in [2.45, 2.75) is 35.0 Å². The summed E-state index contributed by atoms with van der Waals surface area (Å²) in [7, 11) is -3.51. The molecule has 4 aromatic rings. The summed E-state index contributed by atoms with van der Waals surface area (Å²) in [5.74, 6) is 0.270. The molecular formula is C24H22N2O2S2. The predicted molar refractivity (Wildman–Crippen MR) is 122 cm³/mol. The average molecular weight is 435 g/mol. The van der Waals surface area contributed by atoms with Crippen LogP contribution in [0.4, 0.5) is 5.13 Å². The first-order valence-electron chi connectivity index (χ1n) is 10.1. The molecule has 0 saturated carbocycles. The second kappa shape index (κ2) is 7.85. The molecule has 0 radical (unpaired) electrons. The van der Waals surface area contributed by atoms with Crippen LogP contribution in [0, 0.1) is 0 Å². The van der Waals surface area contributed by atoms with E-state index in [2.05, 4.69) is 16.4 Å². The molecule has 1 atom stereocenters. The Morgan fingerprint density at radius 1 is 0.967 bits per heavy atom. The van der Waals surface area contributed by atoms with Crippen LogP contribution in [0.3, 0.4) is 0 Å². The molecular weight excluding hydrogens is 412 g/mol. The Hall–Kier alpha value is -2.70.